The fraction of sp³-hybridized carbons (Fsp3) is 0.0667. The van der Waals surface area contributed by atoms with Crippen LogP contribution in [0.1, 0.15) is 10.6 Å². The zero-order chi connectivity index (χ0) is 15.1. The number of nitrogens with one attached hydrogen (secondary N) is 3. The largest absolute Gasteiger partial charge is 0.459 e. The summed E-state index contributed by atoms with van der Waals surface area (Å²) >= 11 is 0. The number of hydrogen-bond acceptors (Lipinski definition) is 3. The van der Waals surface area contributed by atoms with Crippen LogP contribution in [0.2, 0.25) is 0 Å². The zero-order valence-electron chi connectivity index (χ0n) is 11.3. The average molecular weight is 285 g/mol. The van der Waals surface area contributed by atoms with Crippen molar-refractivity contribution in [3.05, 3.63) is 61.1 Å². The minimum atomic E-state index is -0.329. The van der Waals surface area contributed by atoms with Crippen molar-refractivity contribution in [3.8, 4) is 0 Å². The van der Waals surface area contributed by atoms with Crippen molar-refractivity contribution < 1.29 is 14.0 Å². The number of hydrogen-bond donors (Lipinski definition) is 3. The molecule has 0 fully saturated rings. The van der Waals surface area contributed by atoms with Crippen LogP contribution in [0.3, 0.4) is 0 Å². The maximum atomic E-state index is 11.8. The van der Waals surface area contributed by atoms with Crippen molar-refractivity contribution in [2.45, 2.75) is 0 Å². The molecular formula is C15H15N3O3. The molecule has 6 nitrogen and oxygen atoms in total. The standard InChI is InChI=1S/C15H15N3O3/c1-2-9-16-15(20)18-12-7-5-11(6-8-12)17-14(19)13-4-3-10-21-13/h2-8,10H,1,9H2,(H,17,19)(H2,16,18,20). The number of rotatable bonds is 5. The highest BCUT2D eigenvalue weighted by atomic mass is 16.3. The molecule has 21 heavy (non-hydrogen) atoms. The van der Waals surface area contributed by atoms with E-state index in [0.717, 1.165) is 0 Å². The van der Waals surface area contributed by atoms with Gasteiger partial charge in [-0.3, -0.25) is 4.79 Å². The van der Waals surface area contributed by atoms with Crippen molar-refractivity contribution >= 4 is 23.3 Å². The molecule has 0 radical (unpaired) electrons. The van der Waals surface area contributed by atoms with Crippen LogP contribution < -0.4 is 16.0 Å². The highest BCUT2D eigenvalue weighted by Gasteiger charge is 2.08. The van der Waals surface area contributed by atoms with E-state index in [1.165, 1.54) is 6.26 Å². The fourth-order valence-electron chi connectivity index (χ4n) is 1.58. The lowest BCUT2D eigenvalue weighted by Gasteiger charge is -2.07. The van der Waals surface area contributed by atoms with Gasteiger partial charge < -0.3 is 20.4 Å². The molecule has 0 aliphatic heterocycles. The molecule has 108 valence electrons. The first-order chi connectivity index (χ1) is 10.2. The Labute approximate surface area is 121 Å². The molecule has 2 aromatic rings. The van der Waals surface area contributed by atoms with Crippen LogP contribution in [0.4, 0.5) is 16.2 Å². The Morgan fingerprint density at radius 2 is 1.76 bits per heavy atom. The van der Waals surface area contributed by atoms with E-state index >= 15 is 0 Å². The summed E-state index contributed by atoms with van der Waals surface area (Å²) in [5, 5.41) is 7.94. The number of benzene rings is 1. The lowest BCUT2D eigenvalue weighted by atomic mass is 10.2. The van der Waals surface area contributed by atoms with Gasteiger partial charge in [0.2, 0.25) is 0 Å². The summed E-state index contributed by atoms with van der Waals surface area (Å²) in [5.74, 6) is -0.0922. The van der Waals surface area contributed by atoms with Gasteiger partial charge in [-0.2, -0.15) is 0 Å². The van der Waals surface area contributed by atoms with Gasteiger partial charge in [0.25, 0.3) is 5.91 Å². The SMILES string of the molecule is C=CCNC(=O)Nc1ccc(NC(=O)c2ccco2)cc1. The lowest BCUT2D eigenvalue weighted by molar-refractivity contribution is 0.0996. The molecule has 0 unspecified atom stereocenters. The summed E-state index contributed by atoms with van der Waals surface area (Å²) in [6, 6.07) is 9.64. The summed E-state index contributed by atoms with van der Waals surface area (Å²) in [7, 11) is 0. The minimum absolute atomic E-state index is 0.237. The van der Waals surface area contributed by atoms with Crippen molar-refractivity contribution in [2.24, 2.45) is 0 Å². The van der Waals surface area contributed by atoms with Gasteiger partial charge in [0.1, 0.15) is 0 Å². The maximum Gasteiger partial charge on any atom is 0.319 e. The summed E-state index contributed by atoms with van der Waals surface area (Å²) < 4.78 is 5.00. The topological polar surface area (TPSA) is 83.4 Å². The van der Waals surface area contributed by atoms with Crippen LogP contribution in [-0.4, -0.2) is 18.5 Å². The van der Waals surface area contributed by atoms with Gasteiger partial charge in [-0.25, -0.2) is 4.79 Å². The highest BCUT2D eigenvalue weighted by Crippen LogP contribution is 2.14. The Morgan fingerprint density at radius 1 is 1.10 bits per heavy atom. The third-order valence-corrected chi connectivity index (χ3v) is 2.55. The molecule has 3 N–H and O–H groups in total. The van der Waals surface area contributed by atoms with E-state index < -0.39 is 0 Å². The summed E-state index contributed by atoms with van der Waals surface area (Å²) in [6.07, 6.45) is 3.02. The quantitative estimate of drug-likeness (QED) is 0.739. The van der Waals surface area contributed by atoms with Crippen molar-refractivity contribution in [3.63, 3.8) is 0 Å². The number of amides is 3. The molecule has 3 amide bonds. The predicted octanol–water partition coefficient (Wildman–Crippen LogP) is 2.84. The van der Waals surface area contributed by atoms with Gasteiger partial charge in [0, 0.05) is 17.9 Å². The van der Waals surface area contributed by atoms with Gasteiger partial charge in [0.15, 0.2) is 5.76 Å². The first kappa shape index (κ1) is 14.4. The third-order valence-electron chi connectivity index (χ3n) is 2.55. The molecule has 0 saturated carbocycles. The van der Waals surface area contributed by atoms with Crippen molar-refractivity contribution in [1.29, 1.82) is 0 Å². The zero-order valence-corrected chi connectivity index (χ0v) is 11.3. The smallest absolute Gasteiger partial charge is 0.319 e. The average Bonchev–Trinajstić information content (AvgIpc) is 3.01. The van der Waals surface area contributed by atoms with Crippen molar-refractivity contribution in [2.75, 3.05) is 17.2 Å². The van der Waals surface area contributed by atoms with E-state index in [9.17, 15) is 9.59 Å². The van der Waals surface area contributed by atoms with Gasteiger partial charge in [-0.15, -0.1) is 6.58 Å². The van der Waals surface area contributed by atoms with Gasteiger partial charge in [0.05, 0.1) is 6.26 Å². The first-order valence-electron chi connectivity index (χ1n) is 6.29. The monoisotopic (exact) mass is 285 g/mol. The van der Waals surface area contributed by atoms with Gasteiger partial charge in [-0.1, -0.05) is 6.08 Å². The summed E-state index contributed by atoms with van der Waals surface area (Å²) in [5.41, 5.74) is 1.22. The predicted molar refractivity (Wildman–Crippen MR) is 80.3 cm³/mol. The molecule has 0 spiro atoms. The lowest BCUT2D eigenvalue weighted by Crippen LogP contribution is -2.28. The van der Waals surface area contributed by atoms with Crippen LogP contribution in [0, 0.1) is 0 Å². The number of carbonyl (C=O) groups excluding carboxylic acids is 2. The van der Waals surface area contributed by atoms with E-state index in [1.807, 2.05) is 0 Å². The second-order valence-corrected chi connectivity index (χ2v) is 4.13. The number of furan rings is 1. The number of urea groups is 1. The normalized spacial score (nSPS) is 9.71. The second-order valence-electron chi connectivity index (χ2n) is 4.13. The first-order valence-corrected chi connectivity index (χ1v) is 6.29. The van der Waals surface area contributed by atoms with Gasteiger partial charge in [-0.05, 0) is 36.4 Å². The van der Waals surface area contributed by atoms with Crippen LogP contribution in [0.5, 0.6) is 0 Å². The fourth-order valence-corrected chi connectivity index (χ4v) is 1.58. The molecule has 2 rings (SSSR count). The third kappa shape index (κ3) is 4.24. The molecule has 1 heterocycles. The van der Waals surface area contributed by atoms with E-state index in [4.69, 9.17) is 4.42 Å². The maximum absolute atomic E-state index is 11.8. The Hall–Kier alpha value is -3.02. The molecule has 1 aromatic carbocycles. The summed E-state index contributed by atoms with van der Waals surface area (Å²) in [6.45, 7) is 3.90. The molecule has 0 aliphatic rings. The van der Waals surface area contributed by atoms with Crippen molar-refractivity contribution in [1.82, 2.24) is 5.32 Å². The van der Waals surface area contributed by atoms with Crippen LogP contribution >= 0.6 is 0 Å². The molecule has 6 heteroatoms. The Balaban J connectivity index is 1.91. The Morgan fingerprint density at radius 3 is 2.33 bits per heavy atom. The van der Waals surface area contributed by atoms with E-state index in [2.05, 4.69) is 22.5 Å². The second kappa shape index (κ2) is 6.95. The number of carbonyl (C=O) groups is 2. The molecule has 0 atom stereocenters. The van der Waals surface area contributed by atoms with Crippen LogP contribution in [0.15, 0.2) is 59.7 Å². The summed E-state index contributed by atoms with van der Waals surface area (Å²) in [4.78, 5) is 23.2. The molecule has 0 bridgehead atoms. The van der Waals surface area contributed by atoms with Gasteiger partial charge >= 0.3 is 6.03 Å². The molecule has 0 aliphatic carbocycles. The van der Waals surface area contributed by atoms with Crippen LogP contribution in [0.25, 0.3) is 0 Å². The Kier molecular flexibility index (Phi) is 4.76. The van der Waals surface area contributed by atoms with E-state index in [0.29, 0.717) is 17.9 Å². The minimum Gasteiger partial charge on any atom is -0.459 e. The van der Waals surface area contributed by atoms with E-state index in [1.54, 1.807) is 42.5 Å². The Bertz CT molecular complexity index is 618. The van der Waals surface area contributed by atoms with Crippen LogP contribution in [-0.2, 0) is 0 Å². The molecule has 0 saturated heterocycles. The van der Waals surface area contributed by atoms with E-state index in [-0.39, 0.29) is 17.7 Å². The molecular weight excluding hydrogens is 270 g/mol. The highest BCUT2D eigenvalue weighted by molar-refractivity contribution is 6.02. The molecule has 1 aromatic heterocycles. The number of anilines is 2.